The lowest BCUT2D eigenvalue weighted by Gasteiger charge is -2.47. The van der Waals surface area contributed by atoms with Gasteiger partial charge in [0.2, 0.25) is 0 Å². The normalized spacial score (nSPS) is 23.0. The number of rotatable bonds is 5. The number of carbonyl (C=O) groups is 1. The molecule has 1 spiro atoms. The molecular formula is C15H24N4O2S. The molecule has 2 aliphatic heterocycles. The first-order valence-corrected chi connectivity index (χ1v) is 8.68. The minimum Gasteiger partial charge on any atom is -0.383 e. The molecule has 122 valence electrons. The van der Waals surface area contributed by atoms with Crippen LogP contribution in [0, 0.1) is 6.92 Å². The van der Waals surface area contributed by atoms with Gasteiger partial charge < -0.3 is 15.0 Å². The number of ether oxygens (including phenoxy) is 1. The molecule has 0 aromatic carbocycles. The minimum absolute atomic E-state index is 0.102. The third-order valence-corrected chi connectivity index (χ3v) is 6.02. The lowest BCUT2D eigenvalue weighted by molar-refractivity contribution is 0.0540. The molecule has 7 heteroatoms. The third kappa shape index (κ3) is 3.02. The SMILES string of the molecule is COCCNC1CSC2(C1)CN(C(=O)c1cc(C)nn1C)C2. The van der Waals surface area contributed by atoms with Crippen molar-refractivity contribution in [2.24, 2.45) is 7.05 Å². The van der Waals surface area contributed by atoms with E-state index >= 15 is 0 Å². The zero-order valence-corrected chi connectivity index (χ0v) is 14.3. The van der Waals surface area contributed by atoms with Crippen LogP contribution in [0.25, 0.3) is 0 Å². The Balaban J connectivity index is 1.52. The smallest absolute Gasteiger partial charge is 0.272 e. The van der Waals surface area contributed by atoms with Gasteiger partial charge in [0.25, 0.3) is 5.91 Å². The first-order valence-electron chi connectivity index (χ1n) is 7.69. The van der Waals surface area contributed by atoms with Crippen LogP contribution in [-0.4, -0.2) is 70.5 Å². The van der Waals surface area contributed by atoms with E-state index in [0.29, 0.717) is 11.7 Å². The van der Waals surface area contributed by atoms with Gasteiger partial charge in [-0.25, -0.2) is 0 Å². The molecule has 22 heavy (non-hydrogen) atoms. The number of hydrogen-bond acceptors (Lipinski definition) is 5. The number of nitrogens with zero attached hydrogens (tertiary/aromatic N) is 3. The summed E-state index contributed by atoms with van der Waals surface area (Å²) in [6.45, 7) is 5.26. The average molecular weight is 324 g/mol. The number of nitrogens with one attached hydrogen (secondary N) is 1. The summed E-state index contributed by atoms with van der Waals surface area (Å²) < 4.78 is 7.01. The topological polar surface area (TPSA) is 59.4 Å². The van der Waals surface area contributed by atoms with Gasteiger partial charge in [-0.05, 0) is 19.4 Å². The minimum atomic E-state index is 0.102. The van der Waals surface area contributed by atoms with Gasteiger partial charge in [-0.3, -0.25) is 9.48 Å². The van der Waals surface area contributed by atoms with Crippen LogP contribution >= 0.6 is 11.8 Å². The number of aromatic nitrogens is 2. The zero-order chi connectivity index (χ0) is 15.7. The molecule has 2 fully saturated rings. The van der Waals surface area contributed by atoms with Crippen LogP contribution in [0.3, 0.4) is 0 Å². The first-order chi connectivity index (χ1) is 10.5. The van der Waals surface area contributed by atoms with Crippen molar-refractivity contribution in [3.8, 4) is 0 Å². The van der Waals surface area contributed by atoms with Crippen molar-refractivity contribution in [3.05, 3.63) is 17.5 Å². The maximum atomic E-state index is 12.5. The van der Waals surface area contributed by atoms with E-state index < -0.39 is 0 Å². The van der Waals surface area contributed by atoms with E-state index in [0.717, 1.165) is 44.1 Å². The van der Waals surface area contributed by atoms with Crippen LogP contribution < -0.4 is 5.32 Å². The van der Waals surface area contributed by atoms with Gasteiger partial charge in [-0.15, -0.1) is 11.8 Å². The lowest BCUT2D eigenvalue weighted by atomic mass is 9.91. The van der Waals surface area contributed by atoms with E-state index in [1.165, 1.54) is 0 Å². The second-order valence-electron chi connectivity index (χ2n) is 6.30. The van der Waals surface area contributed by atoms with Crippen LogP contribution in [0.1, 0.15) is 22.6 Å². The van der Waals surface area contributed by atoms with E-state index in [1.54, 1.807) is 11.8 Å². The molecule has 3 heterocycles. The molecule has 0 radical (unpaired) electrons. The maximum absolute atomic E-state index is 12.5. The monoisotopic (exact) mass is 324 g/mol. The van der Waals surface area contributed by atoms with E-state index in [2.05, 4.69) is 10.4 Å². The van der Waals surface area contributed by atoms with Gasteiger partial charge >= 0.3 is 0 Å². The fraction of sp³-hybridized carbons (Fsp3) is 0.733. The number of thioether (sulfide) groups is 1. The first kappa shape index (κ1) is 15.8. The van der Waals surface area contributed by atoms with Crippen molar-refractivity contribution < 1.29 is 9.53 Å². The van der Waals surface area contributed by atoms with Crippen LogP contribution in [0.5, 0.6) is 0 Å². The number of amides is 1. The Labute approximate surface area is 135 Å². The van der Waals surface area contributed by atoms with Crippen molar-refractivity contribution in [3.63, 3.8) is 0 Å². The average Bonchev–Trinajstić information content (AvgIpc) is 3.00. The molecule has 1 aromatic heterocycles. The van der Waals surface area contributed by atoms with Crippen molar-refractivity contribution >= 4 is 17.7 Å². The van der Waals surface area contributed by atoms with Crippen LogP contribution in [0.15, 0.2) is 6.07 Å². The molecule has 0 bridgehead atoms. The fourth-order valence-corrected chi connectivity index (χ4v) is 4.93. The summed E-state index contributed by atoms with van der Waals surface area (Å²) in [7, 11) is 3.55. The van der Waals surface area contributed by atoms with Gasteiger partial charge in [-0.1, -0.05) is 0 Å². The summed E-state index contributed by atoms with van der Waals surface area (Å²) in [4.78, 5) is 14.5. The maximum Gasteiger partial charge on any atom is 0.272 e. The van der Waals surface area contributed by atoms with Gasteiger partial charge in [-0.2, -0.15) is 5.10 Å². The highest BCUT2D eigenvalue weighted by Gasteiger charge is 2.50. The Morgan fingerprint density at radius 1 is 1.59 bits per heavy atom. The molecule has 2 aliphatic rings. The Kier molecular flexibility index (Phi) is 4.47. The highest BCUT2D eigenvalue weighted by Crippen LogP contribution is 2.45. The van der Waals surface area contributed by atoms with E-state index in [-0.39, 0.29) is 10.7 Å². The van der Waals surface area contributed by atoms with Crippen molar-refractivity contribution in [1.82, 2.24) is 20.0 Å². The molecule has 1 amide bonds. The molecule has 6 nitrogen and oxygen atoms in total. The number of methoxy groups -OCH3 is 1. The van der Waals surface area contributed by atoms with Crippen LogP contribution in [-0.2, 0) is 11.8 Å². The molecule has 3 rings (SSSR count). The van der Waals surface area contributed by atoms with E-state index in [9.17, 15) is 4.79 Å². The second-order valence-corrected chi connectivity index (χ2v) is 7.79. The van der Waals surface area contributed by atoms with Gasteiger partial charge in [0.15, 0.2) is 0 Å². The predicted octanol–water partition coefficient (Wildman–Crippen LogP) is 0.665. The van der Waals surface area contributed by atoms with Crippen LogP contribution in [0.2, 0.25) is 0 Å². The van der Waals surface area contributed by atoms with Crippen molar-refractivity contribution in [1.29, 1.82) is 0 Å². The molecule has 1 N–H and O–H groups in total. The number of aryl methyl sites for hydroxylation is 2. The molecule has 0 saturated carbocycles. The Hall–Kier alpha value is -1.05. The third-order valence-electron chi connectivity index (χ3n) is 4.41. The summed E-state index contributed by atoms with van der Waals surface area (Å²) in [5.74, 6) is 1.22. The summed E-state index contributed by atoms with van der Waals surface area (Å²) in [5, 5.41) is 7.79. The van der Waals surface area contributed by atoms with Gasteiger partial charge in [0.1, 0.15) is 5.69 Å². The fourth-order valence-electron chi connectivity index (χ4n) is 3.33. The number of hydrogen-bond donors (Lipinski definition) is 1. The summed E-state index contributed by atoms with van der Waals surface area (Å²) in [6.07, 6.45) is 1.13. The molecule has 1 atom stereocenters. The Morgan fingerprint density at radius 2 is 2.36 bits per heavy atom. The second kappa shape index (κ2) is 6.22. The number of carbonyl (C=O) groups excluding carboxylic acids is 1. The van der Waals surface area contributed by atoms with Crippen molar-refractivity contribution in [2.45, 2.75) is 24.1 Å². The highest BCUT2D eigenvalue weighted by molar-refractivity contribution is 8.01. The lowest BCUT2D eigenvalue weighted by Crippen LogP contribution is -2.61. The standard InChI is InChI=1S/C15H24N4O2S/c1-11-6-13(18(2)17-11)14(20)19-9-15(10-19)7-12(8-22-15)16-4-5-21-3/h6,12,16H,4-5,7-10H2,1-3H3. The predicted molar refractivity (Wildman–Crippen MR) is 87.3 cm³/mol. The molecule has 0 aliphatic carbocycles. The summed E-state index contributed by atoms with van der Waals surface area (Å²) in [6, 6.07) is 2.40. The van der Waals surface area contributed by atoms with E-state index in [4.69, 9.17) is 4.74 Å². The van der Waals surface area contributed by atoms with Gasteiger partial charge in [0, 0.05) is 45.6 Å². The quantitative estimate of drug-likeness (QED) is 0.807. The molecule has 2 saturated heterocycles. The molecular weight excluding hydrogens is 300 g/mol. The number of likely N-dealkylation sites (tertiary alicyclic amines) is 1. The summed E-state index contributed by atoms with van der Waals surface area (Å²) in [5.41, 5.74) is 1.57. The zero-order valence-electron chi connectivity index (χ0n) is 13.5. The van der Waals surface area contributed by atoms with E-state index in [1.807, 2.05) is 36.7 Å². The molecule has 1 unspecified atom stereocenters. The van der Waals surface area contributed by atoms with Crippen molar-refractivity contribution in [2.75, 3.05) is 39.1 Å². The van der Waals surface area contributed by atoms with Gasteiger partial charge in [0.05, 0.1) is 17.0 Å². The largest absolute Gasteiger partial charge is 0.383 e. The Bertz CT molecular complexity index is 554. The highest BCUT2D eigenvalue weighted by atomic mass is 32.2. The Morgan fingerprint density at radius 3 is 3.00 bits per heavy atom. The summed E-state index contributed by atoms with van der Waals surface area (Å²) >= 11 is 2.00. The van der Waals surface area contributed by atoms with Crippen LogP contribution in [0.4, 0.5) is 0 Å². The molecule has 1 aromatic rings.